The molecule has 0 bridgehead atoms. The van der Waals surface area contributed by atoms with E-state index in [0.717, 1.165) is 6.54 Å². The van der Waals surface area contributed by atoms with E-state index in [0.29, 0.717) is 6.61 Å². The van der Waals surface area contributed by atoms with Crippen molar-refractivity contribution in [3.05, 3.63) is 0 Å². The first-order chi connectivity index (χ1) is 6.27. The fourth-order valence-corrected chi connectivity index (χ4v) is 1.07. The van der Waals surface area contributed by atoms with Crippen LogP contribution in [0.15, 0.2) is 0 Å². The van der Waals surface area contributed by atoms with Crippen LogP contribution < -0.4 is 5.32 Å². The molecule has 0 aromatic carbocycles. The van der Waals surface area contributed by atoms with Gasteiger partial charge in [0.25, 0.3) is 0 Å². The molecule has 0 aromatic heterocycles. The van der Waals surface area contributed by atoms with Gasteiger partial charge in [0, 0.05) is 12.0 Å². The monoisotopic (exact) mass is 213 g/mol. The van der Waals surface area contributed by atoms with Crippen LogP contribution in [0.4, 0.5) is 13.2 Å². The van der Waals surface area contributed by atoms with Crippen molar-refractivity contribution in [2.45, 2.75) is 26.4 Å². The quantitative estimate of drug-likeness (QED) is 0.683. The zero-order valence-electron chi connectivity index (χ0n) is 8.87. The molecule has 5 heteroatoms. The highest BCUT2D eigenvalue weighted by Gasteiger charge is 2.27. The summed E-state index contributed by atoms with van der Waals surface area (Å²) in [6.07, 6.45) is -4.99. The summed E-state index contributed by atoms with van der Waals surface area (Å²) in [5.41, 5.74) is -0.125. The summed E-state index contributed by atoms with van der Waals surface area (Å²) in [5, 5.41) is 2.96. The Balaban J connectivity index is 3.54. The molecule has 0 aliphatic carbocycles. The smallest absolute Gasteiger partial charge is 0.380 e. The van der Waals surface area contributed by atoms with E-state index >= 15 is 0 Å². The van der Waals surface area contributed by atoms with E-state index in [1.54, 1.807) is 7.05 Å². The van der Waals surface area contributed by atoms with Gasteiger partial charge >= 0.3 is 6.18 Å². The summed E-state index contributed by atoms with van der Waals surface area (Å²) < 4.78 is 40.2. The molecule has 0 spiro atoms. The zero-order chi connectivity index (χ0) is 11.2. The molecule has 1 N–H and O–H groups in total. The maximum atomic E-state index is 11.7. The Morgan fingerprint density at radius 3 is 2.21 bits per heavy atom. The van der Waals surface area contributed by atoms with E-state index in [9.17, 15) is 13.2 Å². The highest BCUT2D eigenvalue weighted by molar-refractivity contribution is 4.69. The molecule has 0 radical (unpaired) electrons. The lowest BCUT2D eigenvalue weighted by molar-refractivity contribution is -0.147. The number of rotatable bonds is 6. The molecule has 86 valence electrons. The molecule has 0 heterocycles. The Bertz CT molecular complexity index is 157. The van der Waals surface area contributed by atoms with Crippen LogP contribution in [0.2, 0.25) is 0 Å². The van der Waals surface area contributed by atoms with Crippen LogP contribution in [-0.4, -0.2) is 33.0 Å². The predicted molar refractivity (Wildman–Crippen MR) is 49.2 cm³/mol. The molecule has 0 rings (SSSR count). The van der Waals surface area contributed by atoms with Gasteiger partial charge < -0.3 is 10.1 Å². The van der Waals surface area contributed by atoms with Gasteiger partial charge in [0.05, 0.1) is 19.6 Å². The van der Waals surface area contributed by atoms with Gasteiger partial charge in [0.1, 0.15) is 0 Å². The molecule has 0 unspecified atom stereocenters. The van der Waals surface area contributed by atoms with Crippen molar-refractivity contribution in [3.8, 4) is 0 Å². The molecule has 0 amide bonds. The van der Waals surface area contributed by atoms with Crippen LogP contribution in [0.1, 0.15) is 20.3 Å². The highest BCUT2D eigenvalue weighted by atomic mass is 19.4. The fraction of sp³-hybridized carbons (Fsp3) is 1.00. The van der Waals surface area contributed by atoms with Crippen LogP contribution in [0.5, 0.6) is 0 Å². The molecule has 0 aromatic rings. The van der Waals surface area contributed by atoms with Crippen LogP contribution in [0.25, 0.3) is 0 Å². The molecule has 0 saturated carbocycles. The van der Waals surface area contributed by atoms with Crippen LogP contribution in [0, 0.1) is 5.41 Å². The summed E-state index contributed by atoms with van der Waals surface area (Å²) in [5.74, 6) is 0. The second-order valence-corrected chi connectivity index (χ2v) is 4.11. The molecular weight excluding hydrogens is 195 g/mol. The van der Waals surface area contributed by atoms with E-state index in [1.807, 2.05) is 13.8 Å². The second-order valence-electron chi connectivity index (χ2n) is 4.11. The predicted octanol–water partition coefficient (Wildman–Crippen LogP) is 2.20. The molecule has 14 heavy (non-hydrogen) atoms. The Hall–Kier alpha value is -0.290. The van der Waals surface area contributed by atoms with Crippen molar-refractivity contribution >= 4 is 0 Å². The average Bonchev–Trinajstić information content (AvgIpc) is 1.96. The number of nitrogens with one attached hydrogen (secondary N) is 1. The van der Waals surface area contributed by atoms with Crippen molar-refractivity contribution in [1.29, 1.82) is 0 Å². The molecule has 0 atom stereocenters. The molecule has 0 aliphatic rings. The van der Waals surface area contributed by atoms with Crippen LogP contribution in [-0.2, 0) is 4.74 Å². The lowest BCUT2D eigenvalue weighted by Crippen LogP contribution is -2.31. The first-order valence-electron chi connectivity index (χ1n) is 4.56. The third kappa shape index (κ3) is 8.31. The minimum atomic E-state index is -4.12. The summed E-state index contributed by atoms with van der Waals surface area (Å²) in [6.45, 7) is 4.69. The molecule has 0 fully saturated rings. The van der Waals surface area contributed by atoms with Crippen molar-refractivity contribution in [1.82, 2.24) is 5.32 Å². The van der Waals surface area contributed by atoms with Gasteiger partial charge in [0.15, 0.2) is 0 Å². The van der Waals surface area contributed by atoms with Gasteiger partial charge in [-0.25, -0.2) is 0 Å². The highest BCUT2D eigenvalue weighted by Crippen LogP contribution is 2.20. The normalized spacial score (nSPS) is 13.3. The Labute approximate surface area is 82.8 Å². The lowest BCUT2D eigenvalue weighted by Gasteiger charge is -2.24. The van der Waals surface area contributed by atoms with Crippen LogP contribution in [0.3, 0.4) is 0 Å². The van der Waals surface area contributed by atoms with Gasteiger partial charge in [0.2, 0.25) is 0 Å². The third-order valence-electron chi connectivity index (χ3n) is 1.68. The second kappa shape index (κ2) is 5.56. The van der Waals surface area contributed by atoms with E-state index in [2.05, 4.69) is 5.32 Å². The maximum absolute atomic E-state index is 11.7. The molecule has 2 nitrogen and oxygen atoms in total. The van der Waals surface area contributed by atoms with Crippen molar-refractivity contribution in [2.24, 2.45) is 5.41 Å². The fourth-order valence-electron chi connectivity index (χ4n) is 1.07. The van der Waals surface area contributed by atoms with E-state index in [4.69, 9.17) is 4.74 Å². The standard InChI is InChI=1S/C9H18F3NO/c1-8(2,6-13-3)7-14-5-4-9(10,11)12/h13H,4-7H2,1-3H3. The van der Waals surface area contributed by atoms with E-state index < -0.39 is 12.6 Å². The van der Waals surface area contributed by atoms with Crippen molar-refractivity contribution in [2.75, 3.05) is 26.8 Å². The Morgan fingerprint density at radius 2 is 1.79 bits per heavy atom. The molecular formula is C9H18F3NO. The van der Waals surface area contributed by atoms with Gasteiger partial charge in [-0.2, -0.15) is 13.2 Å². The number of ether oxygens (including phenoxy) is 1. The van der Waals surface area contributed by atoms with E-state index in [1.165, 1.54) is 0 Å². The Morgan fingerprint density at radius 1 is 1.21 bits per heavy atom. The number of alkyl halides is 3. The molecule has 0 aliphatic heterocycles. The first-order valence-corrected chi connectivity index (χ1v) is 4.56. The van der Waals surface area contributed by atoms with Crippen molar-refractivity contribution < 1.29 is 17.9 Å². The summed E-state index contributed by atoms with van der Waals surface area (Å²) in [7, 11) is 1.80. The van der Waals surface area contributed by atoms with Gasteiger partial charge in [-0.05, 0) is 7.05 Å². The summed E-state index contributed by atoms with van der Waals surface area (Å²) in [4.78, 5) is 0. The van der Waals surface area contributed by atoms with Crippen molar-refractivity contribution in [3.63, 3.8) is 0 Å². The first kappa shape index (κ1) is 13.7. The van der Waals surface area contributed by atoms with E-state index in [-0.39, 0.29) is 12.0 Å². The number of halogens is 3. The minimum Gasteiger partial charge on any atom is -0.380 e. The third-order valence-corrected chi connectivity index (χ3v) is 1.68. The van der Waals surface area contributed by atoms with Gasteiger partial charge in [-0.1, -0.05) is 13.8 Å². The number of hydrogen-bond acceptors (Lipinski definition) is 2. The molecule has 0 saturated heterocycles. The summed E-state index contributed by atoms with van der Waals surface area (Å²) in [6, 6.07) is 0. The SMILES string of the molecule is CNCC(C)(C)COCCC(F)(F)F. The summed E-state index contributed by atoms with van der Waals surface area (Å²) >= 11 is 0. The zero-order valence-corrected chi connectivity index (χ0v) is 8.87. The lowest BCUT2D eigenvalue weighted by atomic mass is 9.95. The maximum Gasteiger partial charge on any atom is 0.391 e. The van der Waals surface area contributed by atoms with Crippen LogP contribution >= 0.6 is 0 Å². The topological polar surface area (TPSA) is 21.3 Å². The Kier molecular flexibility index (Phi) is 5.44. The number of hydrogen-bond donors (Lipinski definition) is 1. The average molecular weight is 213 g/mol. The van der Waals surface area contributed by atoms with Gasteiger partial charge in [-0.3, -0.25) is 0 Å². The van der Waals surface area contributed by atoms with Gasteiger partial charge in [-0.15, -0.1) is 0 Å². The largest absolute Gasteiger partial charge is 0.391 e. The minimum absolute atomic E-state index is 0.125.